The van der Waals surface area contributed by atoms with Crippen LogP contribution in [-0.4, -0.2) is 78.7 Å². The summed E-state index contributed by atoms with van der Waals surface area (Å²) in [5, 5.41) is 0.595. The lowest BCUT2D eigenvalue weighted by molar-refractivity contribution is 0.0783. The summed E-state index contributed by atoms with van der Waals surface area (Å²) < 4.78 is 47.5. The average Bonchev–Trinajstić information content (AvgIpc) is 3.29. The number of alkyl halides is 1. The molecule has 1 aromatic heterocycles. The molecule has 0 saturated carbocycles. The smallest absolute Gasteiger partial charge is 0.319 e. The van der Waals surface area contributed by atoms with Crippen LogP contribution in [0, 0.1) is 5.82 Å². The van der Waals surface area contributed by atoms with E-state index in [1.807, 2.05) is 0 Å². The van der Waals surface area contributed by atoms with Crippen molar-refractivity contribution in [1.82, 2.24) is 14.9 Å². The number of rotatable bonds is 4. The number of aromatic nitrogens is 2. The summed E-state index contributed by atoms with van der Waals surface area (Å²) in [6.07, 6.45) is 3.32. The van der Waals surface area contributed by atoms with Crippen LogP contribution in [0.1, 0.15) is 32.1 Å². The second-order valence-electron chi connectivity index (χ2n) is 9.60. The normalized spacial score (nSPS) is 29.2. The SMILES string of the molecule is Fc1c(Br)c(Cl)c2c3c(nc(OC[C@@]45CCCN4C[C@H](F)C5)nc13)N(C1CCCOC1)CCO2. The zero-order chi connectivity index (χ0) is 23.4. The van der Waals surface area contributed by atoms with Gasteiger partial charge in [-0.25, -0.2) is 8.78 Å². The second-order valence-corrected chi connectivity index (χ2v) is 10.8. The highest BCUT2D eigenvalue weighted by molar-refractivity contribution is 9.10. The molecule has 1 aromatic carbocycles. The number of hydrogen-bond donors (Lipinski definition) is 0. The fraction of sp³-hybridized carbons (Fsp3) is 0.652. The minimum absolute atomic E-state index is 0.0748. The molecular weight excluding hydrogens is 534 g/mol. The maximum Gasteiger partial charge on any atom is 0.319 e. The van der Waals surface area contributed by atoms with Gasteiger partial charge in [0.1, 0.15) is 35.7 Å². The molecule has 4 aliphatic rings. The van der Waals surface area contributed by atoms with E-state index in [4.69, 9.17) is 30.8 Å². The lowest BCUT2D eigenvalue weighted by atomic mass is 9.95. The number of nitrogens with zero attached hydrogens (tertiary/aromatic N) is 4. The highest BCUT2D eigenvalue weighted by atomic mass is 79.9. The van der Waals surface area contributed by atoms with Crippen molar-refractivity contribution in [3.63, 3.8) is 0 Å². The van der Waals surface area contributed by atoms with Crippen molar-refractivity contribution < 1.29 is 23.0 Å². The predicted molar refractivity (Wildman–Crippen MR) is 127 cm³/mol. The fourth-order valence-corrected chi connectivity index (χ4v) is 6.54. The van der Waals surface area contributed by atoms with Gasteiger partial charge in [-0.05, 0) is 48.2 Å². The van der Waals surface area contributed by atoms with Gasteiger partial charge in [0, 0.05) is 19.6 Å². The van der Waals surface area contributed by atoms with Gasteiger partial charge in [0.15, 0.2) is 11.6 Å². The molecule has 4 aliphatic heterocycles. The summed E-state index contributed by atoms with van der Waals surface area (Å²) in [6.45, 7) is 3.76. The first kappa shape index (κ1) is 22.9. The van der Waals surface area contributed by atoms with Crippen LogP contribution in [0.5, 0.6) is 11.8 Å². The topological polar surface area (TPSA) is 60.0 Å². The maximum atomic E-state index is 15.4. The number of ether oxygens (including phenoxy) is 3. The lowest BCUT2D eigenvalue weighted by Gasteiger charge is -2.34. The number of benzene rings is 1. The monoisotopic (exact) mass is 558 g/mol. The average molecular weight is 560 g/mol. The quantitative estimate of drug-likeness (QED) is 0.511. The Balaban J connectivity index is 1.43. The molecular formula is C23H26BrClF2N4O3. The Morgan fingerprint density at radius 1 is 1.24 bits per heavy atom. The van der Waals surface area contributed by atoms with E-state index >= 15 is 4.39 Å². The fourth-order valence-electron chi connectivity index (χ4n) is 5.94. The van der Waals surface area contributed by atoms with Crippen molar-refractivity contribution in [1.29, 1.82) is 0 Å². The molecule has 2 aromatic rings. The van der Waals surface area contributed by atoms with Gasteiger partial charge in [-0.15, -0.1) is 0 Å². The molecule has 11 heteroatoms. The summed E-state index contributed by atoms with van der Waals surface area (Å²) in [5.41, 5.74) is -0.263. The van der Waals surface area contributed by atoms with Crippen molar-refractivity contribution >= 4 is 44.3 Å². The molecule has 0 radical (unpaired) electrons. The molecule has 3 saturated heterocycles. The van der Waals surface area contributed by atoms with E-state index in [9.17, 15) is 4.39 Å². The Morgan fingerprint density at radius 2 is 2.12 bits per heavy atom. The van der Waals surface area contributed by atoms with Crippen LogP contribution in [-0.2, 0) is 4.74 Å². The van der Waals surface area contributed by atoms with Crippen LogP contribution < -0.4 is 14.4 Å². The van der Waals surface area contributed by atoms with Crippen LogP contribution in [0.2, 0.25) is 5.02 Å². The molecule has 0 spiro atoms. The molecule has 0 amide bonds. The van der Waals surface area contributed by atoms with Crippen LogP contribution in [0.4, 0.5) is 14.6 Å². The summed E-state index contributed by atoms with van der Waals surface area (Å²) >= 11 is 9.71. The summed E-state index contributed by atoms with van der Waals surface area (Å²) in [5.74, 6) is 0.308. The molecule has 0 bridgehead atoms. The van der Waals surface area contributed by atoms with Gasteiger partial charge in [-0.1, -0.05) is 11.6 Å². The molecule has 3 fully saturated rings. The lowest BCUT2D eigenvalue weighted by Crippen LogP contribution is -2.44. The second kappa shape index (κ2) is 8.87. The van der Waals surface area contributed by atoms with E-state index in [1.54, 1.807) is 0 Å². The molecule has 0 aliphatic carbocycles. The van der Waals surface area contributed by atoms with E-state index in [2.05, 4.69) is 30.7 Å². The molecule has 5 heterocycles. The first-order valence-electron chi connectivity index (χ1n) is 11.8. The van der Waals surface area contributed by atoms with Gasteiger partial charge in [-0.3, -0.25) is 4.90 Å². The molecule has 6 rings (SSSR count). The third kappa shape index (κ3) is 3.72. The zero-order valence-electron chi connectivity index (χ0n) is 18.7. The third-order valence-electron chi connectivity index (χ3n) is 7.55. The Hall–Kier alpha value is -1.49. The van der Waals surface area contributed by atoms with E-state index < -0.39 is 12.0 Å². The number of hydrogen-bond acceptors (Lipinski definition) is 7. The number of fused-ring (bicyclic) bond motifs is 1. The van der Waals surface area contributed by atoms with Crippen molar-refractivity contribution in [2.45, 2.75) is 49.9 Å². The van der Waals surface area contributed by atoms with Crippen molar-refractivity contribution in [2.75, 3.05) is 51.0 Å². The molecule has 184 valence electrons. The van der Waals surface area contributed by atoms with Gasteiger partial charge >= 0.3 is 6.01 Å². The first-order valence-corrected chi connectivity index (χ1v) is 13.0. The predicted octanol–water partition coefficient (Wildman–Crippen LogP) is 4.52. The largest absolute Gasteiger partial charge is 0.489 e. The highest BCUT2D eigenvalue weighted by Gasteiger charge is 2.49. The number of anilines is 1. The Morgan fingerprint density at radius 3 is 2.94 bits per heavy atom. The van der Waals surface area contributed by atoms with Gasteiger partial charge < -0.3 is 19.1 Å². The molecule has 3 atom stereocenters. The van der Waals surface area contributed by atoms with E-state index in [0.717, 1.165) is 38.8 Å². The van der Waals surface area contributed by atoms with Crippen LogP contribution in [0.15, 0.2) is 4.47 Å². The van der Waals surface area contributed by atoms with E-state index in [-0.39, 0.29) is 39.2 Å². The summed E-state index contributed by atoms with van der Waals surface area (Å²) in [4.78, 5) is 13.5. The highest BCUT2D eigenvalue weighted by Crippen LogP contribution is 2.47. The van der Waals surface area contributed by atoms with Crippen molar-refractivity contribution in [2.24, 2.45) is 0 Å². The number of halogens is 4. The standard InChI is InChI=1S/C23H26BrClF2N4O3/c24-16-17(25)20-15-19(18(16)27)28-22(34-12-23-4-2-5-30(23)10-13(26)9-23)29-21(15)31(6-8-33-20)14-3-1-7-32-11-14/h13-14H,1-12H2/t13-,14?,23+/m1/s1. The first-order chi connectivity index (χ1) is 16.5. The minimum atomic E-state index is -0.858. The van der Waals surface area contributed by atoms with Gasteiger partial charge in [0.05, 0.1) is 34.6 Å². The Bertz CT molecular complexity index is 1120. The summed E-state index contributed by atoms with van der Waals surface area (Å²) in [7, 11) is 0. The molecule has 34 heavy (non-hydrogen) atoms. The minimum Gasteiger partial charge on any atom is -0.489 e. The van der Waals surface area contributed by atoms with Gasteiger partial charge in [0.2, 0.25) is 0 Å². The maximum absolute atomic E-state index is 15.4. The Labute approximate surface area is 209 Å². The Kier molecular flexibility index (Phi) is 5.98. The van der Waals surface area contributed by atoms with Gasteiger partial charge in [0.25, 0.3) is 0 Å². The third-order valence-corrected chi connectivity index (χ3v) is 8.88. The molecule has 0 N–H and O–H groups in total. The van der Waals surface area contributed by atoms with E-state index in [1.165, 1.54) is 0 Å². The molecule has 1 unspecified atom stereocenters. The van der Waals surface area contributed by atoms with Crippen LogP contribution in [0.3, 0.4) is 0 Å². The molecule has 7 nitrogen and oxygen atoms in total. The van der Waals surface area contributed by atoms with Crippen molar-refractivity contribution in [3.8, 4) is 11.8 Å². The van der Waals surface area contributed by atoms with E-state index in [0.29, 0.717) is 49.7 Å². The van der Waals surface area contributed by atoms with Crippen LogP contribution >= 0.6 is 27.5 Å². The van der Waals surface area contributed by atoms with Gasteiger partial charge in [-0.2, -0.15) is 9.97 Å². The van der Waals surface area contributed by atoms with Crippen LogP contribution in [0.25, 0.3) is 10.9 Å². The zero-order valence-corrected chi connectivity index (χ0v) is 21.0. The summed E-state index contributed by atoms with van der Waals surface area (Å²) in [6, 6.07) is 0.152. The van der Waals surface area contributed by atoms with Crippen molar-refractivity contribution in [3.05, 3.63) is 15.3 Å².